The summed E-state index contributed by atoms with van der Waals surface area (Å²) in [4.78, 5) is 47.5. The Morgan fingerprint density at radius 3 is 2.27 bits per heavy atom. The number of carboxylic acids is 1. The zero-order valence-electron chi connectivity index (χ0n) is 16.9. The molecular weight excluding hydrogens is 412 g/mol. The number of hydrogen-bond donors (Lipinski definition) is 6. The molecule has 0 heterocycles. The summed E-state index contributed by atoms with van der Waals surface area (Å²) in [5.74, 6) is -2.25. The predicted octanol–water partition coefficient (Wildman–Crippen LogP) is -0.795. The van der Waals surface area contributed by atoms with Gasteiger partial charge < -0.3 is 31.9 Å². The predicted molar refractivity (Wildman–Crippen MR) is 113 cm³/mol. The number of aromatic hydroxyl groups is 1. The number of nitrogens with one attached hydrogen (secondary N) is 3. The number of rotatable bonds is 12. The minimum atomic E-state index is -1.19. The van der Waals surface area contributed by atoms with E-state index in [1.54, 1.807) is 12.1 Å². The van der Waals surface area contributed by atoms with Crippen LogP contribution in [-0.4, -0.2) is 70.6 Å². The number of benzene rings is 1. The Kier molecular flexibility index (Phi) is 10.7. The van der Waals surface area contributed by atoms with Crippen LogP contribution in [0.2, 0.25) is 0 Å². The van der Waals surface area contributed by atoms with E-state index in [2.05, 4.69) is 16.0 Å². The lowest BCUT2D eigenvalue weighted by atomic mass is 10.1. The van der Waals surface area contributed by atoms with Crippen molar-refractivity contribution in [3.8, 4) is 5.75 Å². The van der Waals surface area contributed by atoms with Gasteiger partial charge in [0.05, 0.1) is 6.04 Å². The van der Waals surface area contributed by atoms with Gasteiger partial charge in [-0.15, -0.1) is 0 Å². The number of carbonyl (C=O) groups is 4. The fourth-order valence-electron chi connectivity index (χ4n) is 2.45. The third-order valence-electron chi connectivity index (χ3n) is 4.14. The molecule has 0 aromatic heterocycles. The van der Waals surface area contributed by atoms with Crippen molar-refractivity contribution in [1.82, 2.24) is 16.0 Å². The van der Waals surface area contributed by atoms with Gasteiger partial charge in [0, 0.05) is 0 Å². The van der Waals surface area contributed by atoms with E-state index in [1.165, 1.54) is 30.8 Å². The summed E-state index contributed by atoms with van der Waals surface area (Å²) < 4.78 is 0. The second-order valence-corrected chi connectivity index (χ2v) is 7.65. The highest BCUT2D eigenvalue weighted by molar-refractivity contribution is 7.98. The molecule has 0 fully saturated rings. The molecule has 30 heavy (non-hydrogen) atoms. The van der Waals surface area contributed by atoms with Gasteiger partial charge in [0.25, 0.3) is 0 Å². The van der Waals surface area contributed by atoms with Crippen molar-refractivity contribution < 1.29 is 29.4 Å². The zero-order chi connectivity index (χ0) is 22.7. The number of aliphatic carboxylic acids is 1. The molecule has 0 aliphatic carbocycles. The molecule has 0 saturated carbocycles. The maximum Gasteiger partial charge on any atom is 0.322 e. The van der Waals surface area contributed by atoms with E-state index in [-0.39, 0.29) is 12.2 Å². The van der Waals surface area contributed by atoms with Gasteiger partial charge in [-0.3, -0.25) is 19.2 Å². The zero-order valence-corrected chi connectivity index (χ0v) is 17.7. The summed E-state index contributed by atoms with van der Waals surface area (Å²) >= 11 is 1.47. The second kappa shape index (κ2) is 12.7. The van der Waals surface area contributed by atoms with Gasteiger partial charge in [0.1, 0.15) is 24.4 Å². The average Bonchev–Trinajstić information content (AvgIpc) is 2.70. The van der Waals surface area contributed by atoms with Gasteiger partial charge in [-0.05, 0) is 49.5 Å². The van der Waals surface area contributed by atoms with Crippen LogP contribution in [0.25, 0.3) is 0 Å². The second-order valence-electron chi connectivity index (χ2n) is 6.66. The summed E-state index contributed by atoms with van der Waals surface area (Å²) in [6.07, 6.45) is 2.36. The first-order valence-corrected chi connectivity index (χ1v) is 10.7. The van der Waals surface area contributed by atoms with Crippen molar-refractivity contribution in [2.45, 2.75) is 37.9 Å². The van der Waals surface area contributed by atoms with E-state index in [9.17, 15) is 24.3 Å². The Morgan fingerprint density at radius 1 is 1.07 bits per heavy atom. The van der Waals surface area contributed by atoms with Crippen molar-refractivity contribution in [2.24, 2.45) is 5.73 Å². The third kappa shape index (κ3) is 9.14. The van der Waals surface area contributed by atoms with E-state index < -0.39 is 48.4 Å². The Labute approximate surface area is 179 Å². The fraction of sp³-hybridized carbons (Fsp3) is 0.474. The summed E-state index contributed by atoms with van der Waals surface area (Å²) in [6, 6.07) is 3.48. The molecule has 10 nitrogen and oxygen atoms in total. The number of phenolic OH excluding ortho intramolecular Hbond substituents is 1. The summed E-state index contributed by atoms with van der Waals surface area (Å²) in [5.41, 5.74) is 6.64. The molecule has 1 rings (SSSR count). The van der Waals surface area contributed by atoms with Crippen LogP contribution in [0.15, 0.2) is 24.3 Å². The van der Waals surface area contributed by atoms with Gasteiger partial charge in [-0.25, -0.2) is 0 Å². The first-order valence-electron chi connectivity index (χ1n) is 9.26. The van der Waals surface area contributed by atoms with Gasteiger partial charge in [-0.1, -0.05) is 12.1 Å². The van der Waals surface area contributed by atoms with Crippen LogP contribution in [0.4, 0.5) is 0 Å². The van der Waals surface area contributed by atoms with Gasteiger partial charge in [-0.2, -0.15) is 11.8 Å². The van der Waals surface area contributed by atoms with E-state index in [4.69, 9.17) is 10.8 Å². The highest BCUT2D eigenvalue weighted by Gasteiger charge is 2.25. The van der Waals surface area contributed by atoms with Gasteiger partial charge in [0.15, 0.2) is 0 Å². The van der Waals surface area contributed by atoms with E-state index in [0.29, 0.717) is 12.2 Å². The molecule has 3 atom stereocenters. The number of carboxylic acid groups (broad SMARTS) is 1. The number of carbonyl (C=O) groups excluding carboxylic acids is 3. The molecule has 11 heteroatoms. The highest BCUT2D eigenvalue weighted by Crippen LogP contribution is 2.11. The van der Waals surface area contributed by atoms with Crippen LogP contribution < -0.4 is 21.7 Å². The largest absolute Gasteiger partial charge is 0.508 e. The van der Waals surface area contributed by atoms with Crippen LogP contribution in [0.5, 0.6) is 5.75 Å². The van der Waals surface area contributed by atoms with Crippen LogP contribution in [0.3, 0.4) is 0 Å². The molecule has 7 N–H and O–H groups in total. The molecule has 1 aromatic rings. The minimum Gasteiger partial charge on any atom is -0.508 e. The van der Waals surface area contributed by atoms with Gasteiger partial charge >= 0.3 is 5.97 Å². The highest BCUT2D eigenvalue weighted by atomic mass is 32.2. The Hall–Kier alpha value is -2.79. The lowest BCUT2D eigenvalue weighted by Gasteiger charge is -2.22. The average molecular weight is 441 g/mol. The van der Waals surface area contributed by atoms with Crippen molar-refractivity contribution in [3.05, 3.63) is 29.8 Å². The quantitative estimate of drug-likeness (QED) is 0.245. The van der Waals surface area contributed by atoms with Crippen LogP contribution in [0, 0.1) is 0 Å². The number of amides is 3. The summed E-state index contributed by atoms with van der Waals surface area (Å²) in [5, 5.41) is 25.3. The molecular formula is C19H28N4O6S. The lowest BCUT2D eigenvalue weighted by molar-refractivity contribution is -0.138. The first kappa shape index (κ1) is 25.2. The number of nitrogens with two attached hydrogens (primary N) is 1. The topological polar surface area (TPSA) is 171 Å². The lowest BCUT2D eigenvalue weighted by Crippen LogP contribution is -2.55. The van der Waals surface area contributed by atoms with Crippen molar-refractivity contribution in [3.63, 3.8) is 0 Å². The summed E-state index contributed by atoms with van der Waals surface area (Å²) in [6.45, 7) is 0.907. The molecule has 0 saturated heterocycles. The Bertz CT molecular complexity index is 743. The molecule has 0 aliphatic rings. The molecule has 0 radical (unpaired) electrons. The van der Waals surface area contributed by atoms with E-state index in [1.807, 2.05) is 6.26 Å². The minimum absolute atomic E-state index is 0.102. The van der Waals surface area contributed by atoms with Crippen molar-refractivity contribution in [1.29, 1.82) is 0 Å². The molecule has 3 unspecified atom stereocenters. The van der Waals surface area contributed by atoms with Crippen LogP contribution in [-0.2, 0) is 25.6 Å². The molecule has 166 valence electrons. The fourth-order valence-corrected chi connectivity index (χ4v) is 2.92. The van der Waals surface area contributed by atoms with Gasteiger partial charge in [0.2, 0.25) is 17.7 Å². The number of phenols is 1. The Morgan fingerprint density at radius 2 is 1.70 bits per heavy atom. The molecule has 0 spiro atoms. The van der Waals surface area contributed by atoms with Crippen LogP contribution in [0.1, 0.15) is 18.9 Å². The number of hydrogen-bond acceptors (Lipinski definition) is 7. The smallest absolute Gasteiger partial charge is 0.322 e. The Balaban J connectivity index is 2.61. The maximum atomic E-state index is 12.4. The first-order chi connectivity index (χ1) is 14.1. The molecule has 1 aromatic carbocycles. The van der Waals surface area contributed by atoms with Crippen LogP contribution >= 0.6 is 11.8 Å². The molecule has 0 aliphatic heterocycles. The number of thioether (sulfide) groups is 1. The standard InChI is InChI=1S/C19H28N4O6S/c1-11(22-18(28)14(20)9-12-3-5-13(24)6-4-12)17(27)23-15(7-8-30-2)19(29)21-10-16(25)26/h3-6,11,14-15,24H,7-10,20H2,1-2H3,(H,21,29)(H,22,28)(H,23,27)(H,25,26). The molecule has 3 amide bonds. The SMILES string of the molecule is CSCCC(NC(=O)C(C)NC(=O)C(N)Cc1ccc(O)cc1)C(=O)NCC(=O)O. The van der Waals surface area contributed by atoms with E-state index in [0.717, 1.165) is 5.56 Å². The summed E-state index contributed by atoms with van der Waals surface area (Å²) in [7, 11) is 0. The normalized spacial score (nSPS) is 13.6. The van der Waals surface area contributed by atoms with Crippen molar-refractivity contribution >= 4 is 35.5 Å². The monoisotopic (exact) mass is 440 g/mol. The molecule has 0 bridgehead atoms. The third-order valence-corrected chi connectivity index (χ3v) is 4.78. The van der Waals surface area contributed by atoms with Crippen molar-refractivity contribution in [2.75, 3.05) is 18.6 Å². The van der Waals surface area contributed by atoms with E-state index >= 15 is 0 Å². The maximum absolute atomic E-state index is 12.4.